The number of nitrogens with one attached hydrogen (secondary N) is 1. The van der Waals surface area contributed by atoms with Crippen LogP contribution >= 0.6 is 11.6 Å². The standard InChI is InChI=1S/C19H21ClN2O5S/c20-17-3-1-2-4-18(17)27-12-9-21-19(23)15-5-7-16(8-6-15)28(24,25)22-10-13-26-14-11-22/h1-8H,9-14H2,(H,21,23). The molecule has 0 bridgehead atoms. The summed E-state index contributed by atoms with van der Waals surface area (Å²) < 4.78 is 37.3. The summed E-state index contributed by atoms with van der Waals surface area (Å²) in [6.07, 6.45) is 0. The van der Waals surface area contributed by atoms with E-state index in [9.17, 15) is 13.2 Å². The Morgan fingerprint density at radius 2 is 1.79 bits per heavy atom. The lowest BCUT2D eigenvalue weighted by Gasteiger charge is -2.26. The maximum absolute atomic E-state index is 12.6. The summed E-state index contributed by atoms with van der Waals surface area (Å²) in [5.74, 6) is 0.245. The van der Waals surface area contributed by atoms with Gasteiger partial charge in [0, 0.05) is 18.7 Å². The van der Waals surface area contributed by atoms with Crippen molar-refractivity contribution in [1.29, 1.82) is 0 Å². The summed E-state index contributed by atoms with van der Waals surface area (Å²) in [6, 6.07) is 13.0. The number of nitrogens with zero attached hydrogens (tertiary/aromatic N) is 1. The van der Waals surface area contributed by atoms with Gasteiger partial charge in [-0.3, -0.25) is 4.79 Å². The molecule has 1 heterocycles. The number of hydrogen-bond donors (Lipinski definition) is 1. The molecule has 0 aliphatic carbocycles. The van der Waals surface area contributed by atoms with Gasteiger partial charge in [0.15, 0.2) is 0 Å². The Labute approximate surface area is 169 Å². The number of carbonyl (C=O) groups is 1. The SMILES string of the molecule is O=C(NCCOc1ccccc1Cl)c1ccc(S(=O)(=O)N2CCOCC2)cc1. The van der Waals surface area contributed by atoms with Gasteiger partial charge in [0.05, 0.1) is 29.7 Å². The van der Waals surface area contributed by atoms with Crippen molar-refractivity contribution in [2.24, 2.45) is 0 Å². The smallest absolute Gasteiger partial charge is 0.251 e. The fourth-order valence-electron chi connectivity index (χ4n) is 2.70. The summed E-state index contributed by atoms with van der Waals surface area (Å²) in [5, 5.41) is 3.23. The first-order chi connectivity index (χ1) is 13.5. The number of rotatable bonds is 7. The Hall–Kier alpha value is -2.13. The highest BCUT2D eigenvalue weighted by Crippen LogP contribution is 2.22. The van der Waals surface area contributed by atoms with Crippen molar-refractivity contribution in [3.63, 3.8) is 0 Å². The van der Waals surface area contributed by atoms with Crippen molar-refractivity contribution < 1.29 is 22.7 Å². The second-order valence-electron chi connectivity index (χ2n) is 6.08. The molecule has 150 valence electrons. The Kier molecular flexibility index (Phi) is 6.90. The van der Waals surface area contributed by atoms with E-state index in [0.29, 0.717) is 42.6 Å². The molecular formula is C19H21ClN2O5S. The fourth-order valence-corrected chi connectivity index (χ4v) is 4.30. The van der Waals surface area contributed by atoms with Crippen LogP contribution in [0.2, 0.25) is 5.02 Å². The summed E-state index contributed by atoms with van der Waals surface area (Å²) >= 11 is 6.00. The Morgan fingerprint density at radius 1 is 1.11 bits per heavy atom. The van der Waals surface area contributed by atoms with Gasteiger partial charge in [0.25, 0.3) is 5.91 Å². The van der Waals surface area contributed by atoms with Crippen LogP contribution in [0.1, 0.15) is 10.4 Å². The minimum Gasteiger partial charge on any atom is -0.490 e. The molecule has 0 spiro atoms. The second kappa shape index (κ2) is 9.38. The predicted octanol–water partition coefficient (Wildman–Crippen LogP) is 2.17. The minimum absolute atomic E-state index is 0.160. The van der Waals surface area contributed by atoms with Gasteiger partial charge in [-0.2, -0.15) is 4.31 Å². The number of para-hydroxylation sites is 1. The molecule has 1 saturated heterocycles. The third-order valence-corrected chi connectivity index (χ3v) is 6.43. The highest BCUT2D eigenvalue weighted by molar-refractivity contribution is 7.89. The molecule has 1 amide bonds. The summed E-state index contributed by atoms with van der Waals surface area (Å²) in [4.78, 5) is 12.4. The molecule has 28 heavy (non-hydrogen) atoms. The van der Waals surface area contributed by atoms with Gasteiger partial charge >= 0.3 is 0 Å². The van der Waals surface area contributed by atoms with E-state index in [0.717, 1.165) is 0 Å². The van der Waals surface area contributed by atoms with E-state index in [1.54, 1.807) is 18.2 Å². The average molecular weight is 425 g/mol. The Morgan fingerprint density at radius 3 is 2.46 bits per heavy atom. The number of hydrogen-bond acceptors (Lipinski definition) is 5. The molecule has 0 atom stereocenters. The molecular weight excluding hydrogens is 404 g/mol. The quantitative estimate of drug-likeness (QED) is 0.688. The normalized spacial score (nSPS) is 15.2. The van der Waals surface area contributed by atoms with Crippen molar-refractivity contribution in [3.8, 4) is 5.75 Å². The van der Waals surface area contributed by atoms with Crippen molar-refractivity contribution in [3.05, 3.63) is 59.1 Å². The third kappa shape index (κ3) is 5.02. The molecule has 1 fully saturated rings. The maximum Gasteiger partial charge on any atom is 0.251 e. The zero-order valence-corrected chi connectivity index (χ0v) is 16.7. The van der Waals surface area contributed by atoms with Crippen LogP contribution in [0.3, 0.4) is 0 Å². The van der Waals surface area contributed by atoms with Gasteiger partial charge in [-0.15, -0.1) is 0 Å². The van der Waals surface area contributed by atoms with Crippen molar-refractivity contribution in [2.45, 2.75) is 4.90 Å². The number of morpholine rings is 1. The highest BCUT2D eigenvalue weighted by atomic mass is 35.5. The van der Waals surface area contributed by atoms with Crippen LogP contribution in [-0.4, -0.2) is 58.1 Å². The van der Waals surface area contributed by atoms with Gasteiger partial charge < -0.3 is 14.8 Å². The molecule has 9 heteroatoms. The first-order valence-electron chi connectivity index (χ1n) is 8.82. The van der Waals surface area contributed by atoms with Crippen LogP contribution in [0.5, 0.6) is 5.75 Å². The number of sulfonamides is 1. The highest BCUT2D eigenvalue weighted by Gasteiger charge is 2.26. The van der Waals surface area contributed by atoms with Crippen LogP contribution in [-0.2, 0) is 14.8 Å². The molecule has 1 N–H and O–H groups in total. The van der Waals surface area contributed by atoms with Crippen molar-refractivity contribution in [1.82, 2.24) is 9.62 Å². The van der Waals surface area contributed by atoms with Gasteiger partial charge in [-0.1, -0.05) is 23.7 Å². The van der Waals surface area contributed by atoms with Crippen LogP contribution in [0.4, 0.5) is 0 Å². The lowest BCUT2D eigenvalue weighted by Crippen LogP contribution is -2.40. The minimum atomic E-state index is -3.57. The summed E-state index contributed by atoms with van der Waals surface area (Å²) in [6.45, 7) is 1.98. The van der Waals surface area contributed by atoms with E-state index in [4.69, 9.17) is 21.1 Å². The van der Waals surface area contributed by atoms with Gasteiger partial charge in [-0.25, -0.2) is 8.42 Å². The molecule has 0 radical (unpaired) electrons. The van der Waals surface area contributed by atoms with Crippen LogP contribution in [0.15, 0.2) is 53.4 Å². The second-order valence-corrected chi connectivity index (χ2v) is 8.42. The Bertz CT molecular complexity index is 912. The van der Waals surface area contributed by atoms with Gasteiger partial charge in [-0.05, 0) is 36.4 Å². The topological polar surface area (TPSA) is 84.9 Å². The molecule has 1 aliphatic heterocycles. The average Bonchev–Trinajstić information content (AvgIpc) is 2.73. The number of benzene rings is 2. The molecule has 2 aromatic carbocycles. The molecule has 7 nitrogen and oxygen atoms in total. The van der Waals surface area contributed by atoms with E-state index in [-0.39, 0.29) is 24.0 Å². The van der Waals surface area contributed by atoms with Crippen LogP contribution < -0.4 is 10.1 Å². The molecule has 2 aromatic rings. The Balaban J connectivity index is 1.53. The lowest BCUT2D eigenvalue weighted by atomic mass is 10.2. The van der Waals surface area contributed by atoms with Gasteiger partial charge in [0.2, 0.25) is 10.0 Å². The predicted molar refractivity (Wildman–Crippen MR) is 105 cm³/mol. The number of halogens is 1. The molecule has 3 rings (SSSR count). The van der Waals surface area contributed by atoms with E-state index < -0.39 is 10.0 Å². The zero-order valence-electron chi connectivity index (χ0n) is 15.1. The van der Waals surface area contributed by atoms with Crippen LogP contribution in [0.25, 0.3) is 0 Å². The van der Waals surface area contributed by atoms with Gasteiger partial charge in [0.1, 0.15) is 12.4 Å². The third-order valence-electron chi connectivity index (χ3n) is 4.21. The maximum atomic E-state index is 12.6. The van der Waals surface area contributed by atoms with E-state index in [1.807, 2.05) is 6.07 Å². The van der Waals surface area contributed by atoms with E-state index in [2.05, 4.69) is 5.32 Å². The molecule has 0 saturated carbocycles. The van der Waals surface area contributed by atoms with Crippen molar-refractivity contribution in [2.75, 3.05) is 39.5 Å². The molecule has 0 aromatic heterocycles. The summed E-state index contributed by atoms with van der Waals surface area (Å²) in [7, 11) is -3.57. The number of ether oxygens (including phenoxy) is 2. The lowest BCUT2D eigenvalue weighted by molar-refractivity contribution is 0.0730. The number of amides is 1. The van der Waals surface area contributed by atoms with Crippen LogP contribution in [0, 0.1) is 0 Å². The fraction of sp³-hybridized carbons (Fsp3) is 0.316. The first kappa shape index (κ1) is 20.6. The largest absolute Gasteiger partial charge is 0.490 e. The van der Waals surface area contributed by atoms with E-state index >= 15 is 0 Å². The molecule has 1 aliphatic rings. The summed E-state index contributed by atoms with van der Waals surface area (Å²) in [5.41, 5.74) is 0.374. The monoisotopic (exact) mass is 424 g/mol. The van der Waals surface area contributed by atoms with Crippen molar-refractivity contribution >= 4 is 27.5 Å². The van der Waals surface area contributed by atoms with E-state index in [1.165, 1.54) is 28.6 Å². The number of carbonyl (C=O) groups excluding carboxylic acids is 1. The first-order valence-corrected chi connectivity index (χ1v) is 10.6. The molecule has 0 unspecified atom stereocenters. The zero-order chi connectivity index (χ0) is 20.0.